The maximum Gasteiger partial charge on any atom is 0.282 e. The van der Waals surface area contributed by atoms with Gasteiger partial charge in [-0.2, -0.15) is 4.98 Å². The van der Waals surface area contributed by atoms with Crippen molar-refractivity contribution in [1.29, 1.82) is 0 Å². The Balaban J connectivity index is 2.10. The Bertz CT molecular complexity index is 1040. The fraction of sp³-hybridized carbons (Fsp3) is 0. The first kappa shape index (κ1) is 11.2. The van der Waals surface area contributed by atoms with E-state index in [9.17, 15) is 4.79 Å². The average molecular weight is 286 g/mol. The van der Waals surface area contributed by atoms with E-state index in [4.69, 9.17) is 11.5 Å². The molecule has 0 spiro atoms. The van der Waals surface area contributed by atoms with E-state index in [1.54, 1.807) is 0 Å². The first-order valence-corrected chi connectivity index (χ1v) is 5.59. The molecule has 5 N–H and O–H groups in total. The van der Waals surface area contributed by atoms with Gasteiger partial charge in [0.2, 0.25) is 17.2 Å². The average Bonchev–Trinajstić information content (AvgIpc) is 3.03. The van der Waals surface area contributed by atoms with Gasteiger partial charge in [0, 0.05) is 0 Å². The van der Waals surface area contributed by atoms with Gasteiger partial charge in [-0.3, -0.25) is 9.78 Å². The first-order chi connectivity index (χ1) is 10.1. The molecule has 0 aromatic carbocycles. The summed E-state index contributed by atoms with van der Waals surface area (Å²) < 4.78 is 0. The number of aromatic nitrogens is 10. The van der Waals surface area contributed by atoms with Gasteiger partial charge in [-0.15, -0.1) is 19.8 Å². The first-order valence-electron chi connectivity index (χ1n) is 5.59. The zero-order chi connectivity index (χ0) is 14.6. The topological polar surface area (TPSA) is 185 Å². The number of nitrogens with two attached hydrogens (primary N) is 2. The summed E-state index contributed by atoms with van der Waals surface area (Å²) in [4.78, 5) is 28.2. The molecule has 0 atom stereocenters. The molecule has 4 aromatic heterocycles. The van der Waals surface area contributed by atoms with Gasteiger partial charge in [0.25, 0.3) is 5.56 Å². The third kappa shape index (κ3) is 1.44. The molecular weight excluding hydrogens is 280 g/mol. The van der Waals surface area contributed by atoms with Gasteiger partial charge >= 0.3 is 0 Å². The van der Waals surface area contributed by atoms with Crippen molar-refractivity contribution in [2.45, 2.75) is 0 Å². The largest absolute Gasteiger partial charge is 0.382 e. The van der Waals surface area contributed by atoms with Gasteiger partial charge in [-0.1, -0.05) is 0 Å². The van der Waals surface area contributed by atoms with E-state index >= 15 is 0 Å². The summed E-state index contributed by atoms with van der Waals surface area (Å²) in [6, 6.07) is 0. The summed E-state index contributed by atoms with van der Waals surface area (Å²) in [5, 5.41) is 15.3. The minimum Gasteiger partial charge on any atom is -0.382 e. The van der Waals surface area contributed by atoms with E-state index in [1.807, 2.05) is 0 Å². The van der Waals surface area contributed by atoms with Crippen LogP contribution in [-0.2, 0) is 0 Å². The van der Waals surface area contributed by atoms with E-state index < -0.39 is 5.56 Å². The van der Waals surface area contributed by atoms with Crippen LogP contribution in [0.2, 0.25) is 0 Å². The molecule has 13 heteroatoms. The van der Waals surface area contributed by atoms with Crippen molar-refractivity contribution in [3.63, 3.8) is 0 Å². The minimum absolute atomic E-state index is 0.00915. The fourth-order valence-electron chi connectivity index (χ4n) is 1.84. The van der Waals surface area contributed by atoms with Crippen LogP contribution in [0.4, 0.5) is 11.8 Å². The summed E-state index contributed by atoms with van der Waals surface area (Å²) in [5.41, 5.74) is 11.4. The molecule has 0 aliphatic heterocycles. The van der Waals surface area contributed by atoms with Gasteiger partial charge in [0.1, 0.15) is 6.33 Å². The number of H-pyrrole nitrogens is 1. The molecule has 0 saturated carbocycles. The highest BCUT2D eigenvalue weighted by atomic mass is 16.1. The molecule has 0 unspecified atom stereocenters. The number of hydrogen-bond acceptors (Lipinski definition) is 10. The lowest BCUT2D eigenvalue weighted by Crippen LogP contribution is -2.17. The standard InChI is InChI=1S/C8H6N12O/c9-4-2-5(12-1-11-4)19(17-15-2)20-6-3(16-18-20)7(21)14-8(10)13-6/h1H,(H2,9,11,12)(H3,10,13,14,21). The van der Waals surface area contributed by atoms with Crippen molar-refractivity contribution >= 4 is 34.1 Å². The maximum absolute atomic E-state index is 11.7. The fourth-order valence-corrected chi connectivity index (χ4v) is 1.84. The van der Waals surface area contributed by atoms with Crippen molar-refractivity contribution in [3.05, 3.63) is 16.7 Å². The van der Waals surface area contributed by atoms with Crippen molar-refractivity contribution in [2.24, 2.45) is 0 Å². The second-order valence-corrected chi connectivity index (χ2v) is 4.01. The monoisotopic (exact) mass is 286 g/mol. The number of nitrogens with one attached hydrogen (secondary N) is 1. The van der Waals surface area contributed by atoms with Crippen LogP contribution < -0.4 is 17.0 Å². The van der Waals surface area contributed by atoms with Crippen LogP contribution >= 0.6 is 0 Å². The molecule has 0 amide bonds. The number of anilines is 2. The van der Waals surface area contributed by atoms with Crippen LogP contribution in [-0.4, -0.2) is 50.1 Å². The Kier molecular flexibility index (Phi) is 1.97. The zero-order valence-corrected chi connectivity index (χ0v) is 10.2. The molecule has 0 radical (unpaired) electrons. The van der Waals surface area contributed by atoms with Gasteiger partial charge in [0.05, 0.1) is 0 Å². The van der Waals surface area contributed by atoms with Crippen LogP contribution in [0.5, 0.6) is 0 Å². The molecule has 0 aliphatic rings. The van der Waals surface area contributed by atoms with E-state index in [2.05, 4.69) is 40.6 Å². The van der Waals surface area contributed by atoms with Crippen LogP contribution in [0, 0.1) is 0 Å². The summed E-state index contributed by atoms with van der Waals surface area (Å²) in [6.45, 7) is 0. The van der Waals surface area contributed by atoms with Gasteiger partial charge in [-0.25, -0.2) is 9.97 Å². The molecule has 0 bridgehead atoms. The molecule has 4 heterocycles. The summed E-state index contributed by atoms with van der Waals surface area (Å²) >= 11 is 0. The third-order valence-electron chi connectivity index (χ3n) is 2.74. The molecule has 0 saturated heterocycles. The van der Waals surface area contributed by atoms with Crippen LogP contribution in [0.25, 0.3) is 22.3 Å². The van der Waals surface area contributed by atoms with E-state index in [0.717, 1.165) is 4.79 Å². The lowest BCUT2D eigenvalue weighted by molar-refractivity contribution is 0.498. The highest BCUT2D eigenvalue weighted by Gasteiger charge is 2.17. The highest BCUT2D eigenvalue weighted by Crippen LogP contribution is 2.13. The number of hydrogen-bond donors (Lipinski definition) is 3. The van der Waals surface area contributed by atoms with Gasteiger partial charge in [0.15, 0.2) is 16.9 Å². The molecule has 21 heavy (non-hydrogen) atoms. The van der Waals surface area contributed by atoms with E-state index in [0.29, 0.717) is 5.52 Å². The predicted molar refractivity (Wildman–Crippen MR) is 68.7 cm³/mol. The quantitative estimate of drug-likeness (QED) is 0.338. The van der Waals surface area contributed by atoms with Crippen molar-refractivity contribution in [3.8, 4) is 0 Å². The van der Waals surface area contributed by atoms with Crippen molar-refractivity contribution < 1.29 is 0 Å². The predicted octanol–water partition coefficient (Wildman–Crippen LogP) is -2.47. The number of aromatic amines is 1. The number of fused-ring (bicyclic) bond motifs is 2. The summed E-state index contributed by atoms with van der Waals surface area (Å²) in [7, 11) is 0. The molecular formula is C8H6N12O. The lowest BCUT2D eigenvalue weighted by Gasteiger charge is -2.00. The second kappa shape index (κ2) is 3.69. The van der Waals surface area contributed by atoms with Crippen LogP contribution in [0.15, 0.2) is 11.1 Å². The Morgan fingerprint density at radius 1 is 1.00 bits per heavy atom. The number of nitrogen functional groups attached to an aromatic ring is 2. The normalized spacial score (nSPS) is 11.4. The van der Waals surface area contributed by atoms with Gasteiger partial charge in [-0.05, 0) is 10.4 Å². The molecule has 4 aromatic rings. The highest BCUT2D eigenvalue weighted by molar-refractivity contribution is 5.80. The number of rotatable bonds is 1. The smallest absolute Gasteiger partial charge is 0.282 e. The molecule has 13 nitrogen and oxygen atoms in total. The van der Waals surface area contributed by atoms with Crippen LogP contribution in [0.3, 0.4) is 0 Å². The Morgan fingerprint density at radius 2 is 1.71 bits per heavy atom. The second-order valence-electron chi connectivity index (χ2n) is 4.01. The van der Waals surface area contributed by atoms with E-state index in [1.165, 1.54) is 11.1 Å². The molecule has 4 rings (SSSR count). The maximum atomic E-state index is 11.7. The summed E-state index contributed by atoms with van der Waals surface area (Å²) in [5.74, 6) is 0.0931. The third-order valence-corrected chi connectivity index (χ3v) is 2.74. The number of nitrogens with zero attached hydrogens (tertiary/aromatic N) is 9. The molecule has 0 fully saturated rings. The Morgan fingerprint density at radius 3 is 2.52 bits per heavy atom. The van der Waals surface area contributed by atoms with Gasteiger partial charge < -0.3 is 11.5 Å². The van der Waals surface area contributed by atoms with E-state index in [-0.39, 0.29) is 28.6 Å². The minimum atomic E-state index is -0.512. The lowest BCUT2D eigenvalue weighted by atomic mass is 10.5. The molecule has 0 aliphatic carbocycles. The SMILES string of the molecule is Nc1nc2c(nnn2-n2nnc3c(N)ncnc32)c(=O)[nH]1. The Labute approximate surface area is 113 Å². The van der Waals surface area contributed by atoms with Crippen molar-refractivity contribution in [2.75, 3.05) is 11.5 Å². The van der Waals surface area contributed by atoms with Crippen molar-refractivity contribution in [1.82, 2.24) is 50.1 Å². The van der Waals surface area contributed by atoms with Crippen LogP contribution in [0.1, 0.15) is 0 Å². The Hall–Kier alpha value is -3.64. The zero-order valence-electron chi connectivity index (χ0n) is 10.2. The summed E-state index contributed by atoms with van der Waals surface area (Å²) in [6.07, 6.45) is 1.26. The molecule has 104 valence electrons.